The van der Waals surface area contributed by atoms with Gasteiger partial charge in [-0.2, -0.15) is 0 Å². The van der Waals surface area contributed by atoms with E-state index in [-0.39, 0.29) is 0 Å². The molecule has 0 saturated carbocycles. The van der Waals surface area contributed by atoms with Crippen LogP contribution >= 0.6 is 0 Å². The Morgan fingerprint density at radius 3 is 2.75 bits per heavy atom. The lowest BCUT2D eigenvalue weighted by Gasteiger charge is -2.05. The number of benzene rings is 1. The van der Waals surface area contributed by atoms with Crippen molar-refractivity contribution in [3.05, 3.63) is 66.0 Å². The molecule has 2 heterocycles. The van der Waals surface area contributed by atoms with Crippen molar-refractivity contribution in [1.82, 2.24) is 15.0 Å². The maximum atomic E-state index is 11.3. The summed E-state index contributed by atoms with van der Waals surface area (Å²) in [6.07, 6.45) is 5.56. The molecule has 0 unspecified atom stereocenters. The summed E-state index contributed by atoms with van der Waals surface area (Å²) in [6.45, 7) is 0. The van der Waals surface area contributed by atoms with Crippen molar-refractivity contribution in [3.8, 4) is 0 Å². The first-order valence-electron chi connectivity index (χ1n) is 6.16. The van der Waals surface area contributed by atoms with Crippen LogP contribution in [-0.2, 0) is 6.42 Å². The molecule has 2 N–H and O–H groups in total. The molecule has 2 aromatic heterocycles. The van der Waals surface area contributed by atoms with Crippen molar-refractivity contribution >= 4 is 16.7 Å². The second kappa shape index (κ2) is 5.05. The number of primary amides is 1. The second-order valence-corrected chi connectivity index (χ2v) is 4.46. The molecule has 5 nitrogen and oxygen atoms in total. The summed E-state index contributed by atoms with van der Waals surface area (Å²) in [5, 5.41) is 1.71. The summed E-state index contributed by atoms with van der Waals surface area (Å²) in [7, 11) is 0. The van der Waals surface area contributed by atoms with Gasteiger partial charge in [0.1, 0.15) is 12.0 Å². The highest BCUT2D eigenvalue weighted by atomic mass is 16.1. The summed E-state index contributed by atoms with van der Waals surface area (Å²) in [4.78, 5) is 23.5. The summed E-state index contributed by atoms with van der Waals surface area (Å²) >= 11 is 0. The third-order valence-corrected chi connectivity index (χ3v) is 3.09. The molecule has 0 spiro atoms. The molecule has 98 valence electrons. The van der Waals surface area contributed by atoms with Gasteiger partial charge >= 0.3 is 0 Å². The van der Waals surface area contributed by atoms with Crippen molar-refractivity contribution in [1.29, 1.82) is 0 Å². The molecule has 0 aliphatic carbocycles. The van der Waals surface area contributed by atoms with Crippen LogP contribution in [0, 0.1) is 0 Å². The lowest BCUT2D eigenvalue weighted by atomic mass is 10.0. The van der Waals surface area contributed by atoms with Crippen LogP contribution in [-0.4, -0.2) is 20.9 Å². The van der Waals surface area contributed by atoms with Crippen LogP contribution in [0.15, 0.2) is 49.1 Å². The van der Waals surface area contributed by atoms with Gasteiger partial charge in [0.2, 0.25) is 0 Å². The van der Waals surface area contributed by atoms with Gasteiger partial charge in [0.05, 0.1) is 0 Å². The van der Waals surface area contributed by atoms with Crippen LogP contribution < -0.4 is 5.73 Å². The SMILES string of the molecule is NC(=O)c1nccc2cc(Cc3ccncn3)ccc12. The number of fused-ring (bicyclic) bond motifs is 1. The molecular formula is C15H12N4O. The molecule has 20 heavy (non-hydrogen) atoms. The first-order chi connectivity index (χ1) is 9.74. The highest BCUT2D eigenvalue weighted by Gasteiger charge is 2.08. The number of rotatable bonds is 3. The van der Waals surface area contributed by atoms with Crippen LogP contribution in [0.1, 0.15) is 21.7 Å². The molecule has 0 radical (unpaired) electrons. The van der Waals surface area contributed by atoms with Gasteiger partial charge in [-0.15, -0.1) is 0 Å². The molecular weight excluding hydrogens is 252 g/mol. The number of pyridine rings is 1. The van der Waals surface area contributed by atoms with Crippen molar-refractivity contribution in [2.45, 2.75) is 6.42 Å². The van der Waals surface area contributed by atoms with Crippen molar-refractivity contribution in [3.63, 3.8) is 0 Å². The zero-order valence-electron chi connectivity index (χ0n) is 10.7. The first-order valence-corrected chi connectivity index (χ1v) is 6.16. The predicted octanol–water partition coefficient (Wildman–Crippen LogP) is 1.71. The smallest absolute Gasteiger partial charge is 0.267 e. The van der Waals surface area contributed by atoms with E-state index in [0.717, 1.165) is 22.0 Å². The maximum absolute atomic E-state index is 11.3. The Morgan fingerprint density at radius 1 is 1.10 bits per heavy atom. The van der Waals surface area contributed by atoms with Crippen molar-refractivity contribution in [2.24, 2.45) is 5.73 Å². The Morgan fingerprint density at radius 2 is 2.00 bits per heavy atom. The average Bonchev–Trinajstić information content (AvgIpc) is 2.47. The molecule has 1 amide bonds. The monoisotopic (exact) mass is 264 g/mol. The van der Waals surface area contributed by atoms with Crippen molar-refractivity contribution in [2.75, 3.05) is 0 Å². The van der Waals surface area contributed by atoms with E-state index < -0.39 is 5.91 Å². The van der Waals surface area contributed by atoms with Gasteiger partial charge in [-0.1, -0.05) is 18.2 Å². The largest absolute Gasteiger partial charge is 0.364 e. The molecule has 5 heteroatoms. The molecule has 0 atom stereocenters. The molecule has 0 aliphatic rings. The third-order valence-electron chi connectivity index (χ3n) is 3.09. The fraction of sp³-hybridized carbons (Fsp3) is 0.0667. The van der Waals surface area contributed by atoms with Crippen LogP contribution in [0.5, 0.6) is 0 Å². The van der Waals surface area contributed by atoms with Crippen LogP contribution in [0.2, 0.25) is 0 Å². The van der Waals surface area contributed by atoms with E-state index in [9.17, 15) is 4.79 Å². The maximum Gasteiger partial charge on any atom is 0.267 e. The standard InChI is InChI=1S/C15H12N4O/c16-15(20)14-13-2-1-10(7-11(13)3-6-18-14)8-12-4-5-17-9-19-12/h1-7,9H,8H2,(H2,16,20). The molecule has 1 aromatic carbocycles. The minimum atomic E-state index is -0.515. The predicted molar refractivity (Wildman–Crippen MR) is 75.1 cm³/mol. The Bertz CT molecular complexity index is 771. The molecule has 3 aromatic rings. The molecule has 0 fully saturated rings. The Kier molecular flexibility index (Phi) is 3.09. The fourth-order valence-electron chi connectivity index (χ4n) is 2.17. The van der Waals surface area contributed by atoms with Crippen LogP contribution in [0.25, 0.3) is 10.8 Å². The van der Waals surface area contributed by atoms with E-state index in [1.807, 2.05) is 30.3 Å². The number of hydrogen-bond donors (Lipinski definition) is 1. The quantitative estimate of drug-likeness (QED) is 0.780. The van der Waals surface area contributed by atoms with E-state index in [0.29, 0.717) is 12.1 Å². The number of carbonyl (C=O) groups is 1. The zero-order valence-corrected chi connectivity index (χ0v) is 10.7. The van der Waals surface area contributed by atoms with Gasteiger partial charge in [0, 0.05) is 29.9 Å². The highest BCUT2D eigenvalue weighted by molar-refractivity contribution is 6.04. The van der Waals surface area contributed by atoms with Crippen LogP contribution in [0.4, 0.5) is 0 Å². The first kappa shape index (κ1) is 12.2. The number of hydrogen-bond acceptors (Lipinski definition) is 4. The van der Waals surface area contributed by atoms with Gasteiger partial charge in [-0.25, -0.2) is 9.97 Å². The molecule has 3 rings (SSSR count). The topological polar surface area (TPSA) is 81.8 Å². The molecule has 0 aliphatic heterocycles. The minimum Gasteiger partial charge on any atom is -0.364 e. The summed E-state index contributed by atoms with van der Waals surface area (Å²) < 4.78 is 0. The van der Waals surface area contributed by atoms with Crippen molar-refractivity contribution < 1.29 is 4.79 Å². The van der Waals surface area contributed by atoms with E-state index in [1.165, 1.54) is 6.33 Å². The van der Waals surface area contributed by atoms with Gasteiger partial charge in [0.25, 0.3) is 5.91 Å². The van der Waals surface area contributed by atoms with E-state index in [2.05, 4.69) is 15.0 Å². The van der Waals surface area contributed by atoms with E-state index in [1.54, 1.807) is 12.4 Å². The normalized spacial score (nSPS) is 10.6. The second-order valence-electron chi connectivity index (χ2n) is 4.46. The number of nitrogens with zero attached hydrogens (tertiary/aromatic N) is 3. The van der Waals surface area contributed by atoms with Gasteiger partial charge in [0.15, 0.2) is 0 Å². The molecule has 0 bridgehead atoms. The summed E-state index contributed by atoms with van der Waals surface area (Å²) in [5.41, 5.74) is 7.68. The Balaban J connectivity index is 2.01. The summed E-state index contributed by atoms with van der Waals surface area (Å²) in [5.74, 6) is -0.515. The number of amides is 1. The average molecular weight is 264 g/mol. The fourth-order valence-corrected chi connectivity index (χ4v) is 2.17. The zero-order chi connectivity index (χ0) is 13.9. The Hall–Kier alpha value is -2.82. The van der Waals surface area contributed by atoms with Gasteiger partial charge in [-0.3, -0.25) is 9.78 Å². The van der Waals surface area contributed by atoms with Crippen LogP contribution in [0.3, 0.4) is 0 Å². The number of aromatic nitrogens is 3. The number of carbonyl (C=O) groups excluding carboxylic acids is 1. The highest BCUT2D eigenvalue weighted by Crippen LogP contribution is 2.19. The number of nitrogens with two attached hydrogens (primary N) is 1. The van der Waals surface area contributed by atoms with E-state index in [4.69, 9.17) is 5.73 Å². The van der Waals surface area contributed by atoms with Gasteiger partial charge in [-0.05, 0) is 23.1 Å². The lowest BCUT2D eigenvalue weighted by Crippen LogP contribution is -2.13. The molecule has 0 saturated heterocycles. The third kappa shape index (κ3) is 2.33. The lowest BCUT2D eigenvalue weighted by molar-refractivity contribution is 0.0997. The Labute approximate surface area is 115 Å². The van der Waals surface area contributed by atoms with Gasteiger partial charge < -0.3 is 5.73 Å². The minimum absolute atomic E-state index is 0.302. The van der Waals surface area contributed by atoms with E-state index >= 15 is 0 Å². The summed E-state index contributed by atoms with van der Waals surface area (Å²) in [6, 6.07) is 9.60.